The maximum atomic E-state index is 12.1. The minimum Gasteiger partial charge on any atom is -0.372 e. The van der Waals surface area contributed by atoms with Gasteiger partial charge in [-0.05, 0) is 12.8 Å². The average molecular weight is 255 g/mol. The van der Waals surface area contributed by atoms with Gasteiger partial charge in [0, 0.05) is 39.0 Å². The maximum absolute atomic E-state index is 12.1. The summed E-state index contributed by atoms with van der Waals surface area (Å²) in [5.74, 6) is -0.248. The highest BCUT2D eigenvalue weighted by Crippen LogP contribution is 2.47. The van der Waals surface area contributed by atoms with Gasteiger partial charge in [0.05, 0.1) is 13.2 Å². The molecule has 2 spiro atoms. The minimum absolute atomic E-state index is 0.0433. The number of carbonyl (C=O) groups is 1. The third-order valence-electron chi connectivity index (χ3n) is 4.92. The SMILES string of the molecule is COC1CC2(CCC3(CC2)OCCO3)N(C)C1=O. The van der Waals surface area contributed by atoms with Crippen LogP contribution in [0, 0.1) is 0 Å². The molecule has 2 heterocycles. The van der Waals surface area contributed by atoms with Crippen LogP contribution in [-0.2, 0) is 19.0 Å². The Bertz CT molecular complexity index is 341. The van der Waals surface area contributed by atoms with Gasteiger partial charge in [0.15, 0.2) is 5.79 Å². The highest BCUT2D eigenvalue weighted by molar-refractivity contribution is 5.84. The van der Waals surface area contributed by atoms with E-state index in [-0.39, 0.29) is 23.3 Å². The fraction of sp³-hybridized carbons (Fsp3) is 0.923. The highest BCUT2D eigenvalue weighted by atomic mass is 16.7. The molecule has 1 saturated carbocycles. The van der Waals surface area contributed by atoms with E-state index < -0.39 is 0 Å². The van der Waals surface area contributed by atoms with Crippen LogP contribution in [0.1, 0.15) is 32.1 Å². The summed E-state index contributed by atoms with van der Waals surface area (Å²) in [6.45, 7) is 1.39. The highest BCUT2D eigenvalue weighted by Gasteiger charge is 2.54. The van der Waals surface area contributed by atoms with Crippen molar-refractivity contribution < 1.29 is 19.0 Å². The molecule has 5 heteroatoms. The Labute approximate surface area is 107 Å². The second kappa shape index (κ2) is 4.18. The van der Waals surface area contributed by atoms with Crippen LogP contribution in [-0.4, -0.2) is 55.6 Å². The van der Waals surface area contributed by atoms with Gasteiger partial charge in [-0.3, -0.25) is 4.79 Å². The van der Waals surface area contributed by atoms with Crippen molar-refractivity contribution in [1.82, 2.24) is 4.90 Å². The van der Waals surface area contributed by atoms with E-state index >= 15 is 0 Å². The summed E-state index contributed by atoms with van der Waals surface area (Å²) in [6.07, 6.45) is 4.16. The average Bonchev–Trinajstić information content (AvgIpc) is 2.93. The molecule has 3 rings (SSSR count). The molecule has 2 aliphatic heterocycles. The Morgan fingerprint density at radius 2 is 1.83 bits per heavy atom. The van der Waals surface area contributed by atoms with Crippen LogP contribution in [0.2, 0.25) is 0 Å². The molecule has 5 nitrogen and oxygen atoms in total. The summed E-state index contributed by atoms with van der Waals surface area (Å²) < 4.78 is 16.8. The number of rotatable bonds is 1. The standard InChI is InChI=1S/C13H21NO4/c1-14-11(15)10(16-2)9-12(14)3-5-13(6-4-12)17-7-8-18-13/h10H,3-9H2,1-2H3. The number of likely N-dealkylation sites (N-methyl/N-ethyl adjacent to an activating group) is 1. The zero-order chi connectivity index (χ0) is 12.8. The molecule has 0 aromatic rings. The Kier molecular flexibility index (Phi) is 2.88. The second-order valence-corrected chi connectivity index (χ2v) is 5.66. The summed E-state index contributed by atoms with van der Waals surface area (Å²) in [5.41, 5.74) is -0.0433. The molecule has 18 heavy (non-hydrogen) atoms. The number of methoxy groups -OCH3 is 1. The van der Waals surface area contributed by atoms with Gasteiger partial charge in [-0.25, -0.2) is 0 Å². The lowest BCUT2D eigenvalue weighted by Crippen LogP contribution is -2.50. The summed E-state index contributed by atoms with van der Waals surface area (Å²) >= 11 is 0. The zero-order valence-corrected chi connectivity index (χ0v) is 11.1. The first-order valence-corrected chi connectivity index (χ1v) is 6.69. The van der Waals surface area contributed by atoms with Gasteiger partial charge in [0.2, 0.25) is 0 Å². The van der Waals surface area contributed by atoms with Crippen LogP contribution >= 0.6 is 0 Å². The van der Waals surface area contributed by atoms with Gasteiger partial charge in [-0.1, -0.05) is 0 Å². The van der Waals surface area contributed by atoms with E-state index in [1.807, 2.05) is 11.9 Å². The van der Waals surface area contributed by atoms with E-state index in [2.05, 4.69) is 0 Å². The van der Waals surface area contributed by atoms with E-state index in [9.17, 15) is 4.79 Å². The van der Waals surface area contributed by atoms with E-state index in [0.29, 0.717) is 13.2 Å². The van der Waals surface area contributed by atoms with Gasteiger partial charge in [-0.15, -0.1) is 0 Å². The summed E-state index contributed by atoms with van der Waals surface area (Å²) in [6, 6.07) is 0. The normalized spacial score (nSPS) is 33.8. The van der Waals surface area contributed by atoms with Crippen LogP contribution in [0.15, 0.2) is 0 Å². The van der Waals surface area contributed by atoms with Gasteiger partial charge < -0.3 is 19.1 Å². The van der Waals surface area contributed by atoms with Crippen LogP contribution in [0.3, 0.4) is 0 Å². The molecule has 0 aromatic carbocycles. The molecule has 102 valence electrons. The summed E-state index contributed by atoms with van der Waals surface area (Å²) in [7, 11) is 3.51. The van der Waals surface area contributed by atoms with Gasteiger partial charge in [0.1, 0.15) is 6.10 Å². The fourth-order valence-electron chi connectivity index (χ4n) is 3.62. The minimum atomic E-state index is -0.361. The molecule has 3 aliphatic rings. The first-order chi connectivity index (χ1) is 8.61. The van der Waals surface area contributed by atoms with Crippen molar-refractivity contribution in [3.8, 4) is 0 Å². The molecule has 0 radical (unpaired) electrons. The smallest absolute Gasteiger partial charge is 0.251 e. The Morgan fingerprint density at radius 1 is 1.22 bits per heavy atom. The van der Waals surface area contributed by atoms with Crippen LogP contribution in [0.5, 0.6) is 0 Å². The Morgan fingerprint density at radius 3 is 2.33 bits per heavy atom. The van der Waals surface area contributed by atoms with Crippen molar-refractivity contribution in [1.29, 1.82) is 0 Å². The topological polar surface area (TPSA) is 48.0 Å². The molecule has 1 aliphatic carbocycles. The molecule has 0 aromatic heterocycles. The van der Waals surface area contributed by atoms with E-state index in [1.165, 1.54) is 0 Å². The van der Waals surface area contributed by atoms with Gasteiger partial charge in [0.25, 0.3) is 5.91 Å². The third-order valence-corrected chi connectivity index (χ3v) is 4.92. The monoisotopic (exact) mass is 255 g/mol. The van der Waals surface area contributed by atoms with Gasteiger partial charge >= 0.3 is 0 Å². The summed E-state index contributed by atoms with van der Waals surface area (Å²) in [4.78, 5) is 14.0. The molecule has 2 saturated heterocycles. The molecule has 0 bridgehead atoms. The van der Waals surface area contributed by atoms with E-state index in [4.69, 9.17) is 14.2 Å². The first kappa shape index (κ1) is 12.4. The lowest BCUT2D eigenvalue weighted by atomic mass is 9.77. The number of likely N-dealkylation sites (tertiary alicyclic amines) is 1. The third kappa shape index (κ3) is 1.68. The molecule has 1 amide bonds. The van der Waals surface area contributed by atoms with E-state index in [1.54, 1.807) is 7.11 Å². The number of carbonyl (C=O) groups excluding carboxylic acids is 1. The largest absolute Gasteiger partial charge is 0.372 e. The molecule has 0 N–H and O–H groups in total. The van der Waals surface area contributed by atoms with E-state index in [0.717, 1.165) is 32.1 Å². The van der Waals surface area contributed by atoms with Crippen molar-refractivity contribution in [2.75, 3.05) is 27.4 Å². The number of ether oxygens (including phenoxy) is 3. The lowest BCUT2D eigenvalue weighted by molar-refractivity contribution is -0.192. The Balaban J connectivity index is 1.73. The molecule has 1 unspecified atom stereocenters. The number of amides is 1. The van der Waals surface area contributed by atoms with Crippen molar-refractivity contribution in [3.63, 3.8) is 0 Å². The lowest BCUT2D eigenvalue weighted by Gasteiger charge is -2.44. The predicted octanol–water partition coefficient (Wildman–Crippen LogP) is 0.919. The van der Waals surface area contributed by atoms with Crippen LogP contribution in [0.4, 0.5) is 0 Å². The van der Waals surface area contributed by atoms with Crippen molar-refractivity contribution in [3.05, 3.63) is 0 Å². The van der Waals surface area contributed by atoms with Crippen LogP contribution < -0.4 is 0 Å². The molecular weight excluding hydrogens is 234 g/mol. The van der Waals surface area contributed by atoms with Crippen molar-refractivity contribution in [2.24, 2.45) is 0 Å². The van der Waals surface area contributed by atoms with Gasteiger partial charge in [-0.2, -0.15) is 0 Å². The first-order valence-electron chi connectivity index (χ1n) is 6.69. The number of hydrogen-bond donors (Lipinski definition) is 0. The fourth-order valence-corrected chi connectivity index (χ4v) is 3.62. The molecular formula is C13H21NO4. The quantitative estimate of drug-likeness (QED) is 0.699. The predicted molar refractivity (Wildman–Crippen MR) is 64.0 cm³/mol. The zero-order valence-electron chi connectivity index (χ0n) is 11.1. The molecule has 1 atom stereocenters. The summed E-state index contributed by atoms with van der Waals surface area (Å²) in [5, 5.41) is 0. The van der Waals surface area contributed by atoms with Crippen molar-refractivity contribution in [2.45, 2.75) is 49.5 Å². The van der Waals surface area contributed by atoms with Crippen molar-refractivity contribution >= 4 is 5.91 Å². The number of nitrogens with zero attached hydrogens (tertiary/aromatic N) is 1. The van der Waals surface area contributed by atoms with Crippen LogP contribution in [0.25, 0.3) is 0 Å². The molecule has 3 fully saturated rings. The maximum Gasteiger partial charge on any atom is 0.251 e. The second-order valence-electron chi connectivity index (χ2n) is 5.66. The number of hydrogen-bond acceptors (Lipinski definition) is 4. The Hall–Kier alpha value is -0.650.